The summed E-state index contributed by atoms with van der Waals surface area (Å²) in [6, 6.07) is 11.0. The summed E-state index contributed by atoms with van der Waals surface area (Å²) in [7, 11) is 0. The van der Waals surface area contributed by atoms with E-state index in [4.69, 9.17) is 5.73 Å². The van der Waals surface area contributed by atoms with E-state index in [9.17, 15) is 0 Å². The van der Waals surface area contributed by atoms with Crippen molar-refractivity contribution >= 4 is 6.08 Å². The first-order valence-electron chi connectivity index (χ1n) is 6.06. The molecule has 1 saturated heterocycles. The summed E-state index contributed by atoms with van der Waals surface area (Å²) in [5, 5.41) is 0. The summed E-state index contributed by atoms with van der Waals surface area (Å²) in [4.78, 5) is 2.47. The maximum atomic E-state index is 5.74. The molecule has 0 amide bonds. The molecule has 2 rings (SSSR count). The fourth-order valence-corrected chi connectivity index (χ4v) is 2.29. The van der Waals surface area contributed by atoms with Crippen LogP contribution in [0.1, 0.15) is 18.4 Å². The molecule has 2 N–H and O–H groups in total. The molecule has 1 unspecified atom stereocenters. The number of hydrogen-bond acceptors (Lipinski definition) is 2. The summed E-state index contributed by atoms with van der Waals surface area (Å²) in [6.07, 6.45) is 6.98. The van der Waals surface area contributed by atoms with E-state index in [2.05, 4.69) is 41.3 Å². The first-order valence-corrected chi connectivity index (χ1v) is 6.06. The van der Waals surface area contributed by atoms with Crippen molar-refractivity contribution in [1.82, 2.24) is 4.90 Å². The third-order valence-electron chi connectivity index (χ3n) is 3.22. The molecule has 2 heteroatoms. The van der Waals surface area contributed by atoms with Gasteiger partial charge in [0, 0.05) is 19.1 Å². The van der Waals surface area contributed by atoms with Gasteiger partial charge in [0.05, 0.1) is 0 Å². The predicted molar refractivity (Wildman–Crippen MR) is 69.1 cm³/mol. The van der Waals surface area contributed by atoms with Crippen LogP contribution in [-0.4, -0.2) is 30.6 Å². The highest BCUT2D eigenvalue weighted by molar-refractivity contribution is 5.48. The van der Waals surface area contributed by atoms with E-state index in [0.29, 0.717) is 6.04 Å². The molecule has 1 aromatic carbocycles. The molecule has 1 aromatic rings. The average molecular weight is 216 g/mol. The lowest BCUT2D eigenvalue weighted by atomic mass is 10.2. The number of rotatable bonds is 4. The zero-order chi connectivity index (χ0) is 11.2. The zero-order valence-corrected chi connectivity index (χ0v) is 9.68. The molecular formula is C14H20N2. The summed E-state index contributed by atoms with van der Waals surface area (Å²) in [5.41, 5.74) is 7.01. The van der Waals surface area contributed by atoms with Crippen LogP contribution in [0.4, 0.5) is 0 Å². The normalized spacial score (nSPS) is 21.9. The van der Waals surface area contributed by atoms with Gasteiger partial charge in [-0.1, -0.05) is 42.5 Å². The molecule has 16 heavy (non-hydrogen) atoms. The first kappa shape index (κ1) is 11.4. The van der Waals surface area contributed by atoms with Crippen LogP contribution in [0.5, 0.6) is 0 Å². The summed E-state index contributed by atoms with van der Waals surface area (Å²) in [6.45, 7) is 3.01. The third-order valence-corrected chi connectivity index (χ3v) is 3.22. The van der Waals surface area contributed by atoms with E-state index in [1.165, 1.54) is 24.9 Å². The van der Waals surface area contributed by atoms with E-state index in [-0.39, 0.29) is 0 Å². The smallest absolute Gasteiger partial charge is 0.0222 e. The number of nitrogens with zero attached hydrogens (tertiary/aromatic N) is 1. The van der Waals surface area contributed by atoms with Gasteiger partial charge in [0.1, 0.15) is 0 Å². The topological polar surface area (TPSA) is 29.3 Å². The molecule has 1 heterocycles. The molecule has 1 atom stereocenters. The van der Waals surface area contributed by atoms with Gasteiger partial charge in [-0.3, -0.25) is 4.90 Å². The van der Waals surface area contributed by atoms with E-state index >= 15 is 0 Å². The molecule has 86 valence electrons. The minimum Gasteiger partial charge on any atom is -0.329 e. The molecule has 0 saturated carbocycles. The van der Waals surface area contributed by atoms with Crippen molar-refractivity contribution in [2.45, 2.75) is 18.9 Å². The van der Waals surface area contributed by atoms with E-state index in [1.54, 1.807) is 0 Å². The van der Waals surface area contributed by atoms with Crippen LogP contribution in [0.3, 0.4) is 0 Å². The number of likely N-dealkylation sites (tertiary alicyclic amines) is 1. The third kappa shape index (κ3) is 2.94. The van der Waals surface area contributed by atoms with Crippen molar-refractivity contribution in [2.24, 2.45) is 5.73 Å². The predicted octanol–water partition coefficient (Wildman–Crippen LogP) is 2.12. The zero-order valence-electron chi connectivity index (χ0n) is 9.68. The Morgan fingerprint density at radius 2 is 2.12 bits per heavy atom. The number of benzene rings is 1. The molecule has 0 aromatic heterocycles. The van der Waals surface area contributed by atoms with Gasteiger partial charge < -0.3 is 5.73 Å². The SMILES string of the molecule is NCC1CCCN1CC=Cc1ccccc1. The molecule has 0 aliphatic carbocycles. The highest BCUT2D eigenvalue weighted by atomic mass is 15.2. The lowest BCUT2D eigenvalue weighted by Crippen LogP contribution is -2.35. The molecule has 1 fully saturated rings. The van der Waals surface area contributed by atoms with Crippen LogP contribution in [-0.2, 0) is 0 Å². The lowest BCUT2D eigenvalue weighted by Gasteiger charge is -2.20. The summed E-state index contributed by atoms with van der Waals surface area (Å²) < 4.78 is 0. The highest BCUT2D eigenvalue weighted by Crippen LogP contribution is 2.15. The molecule has 1 aliphatic rings. The Kier molecular flexibility index (Phi) is 4.14. The summed E-state index contributed by atoms with van der Waals surface area (Å²) >= 11 is 0. The van der Waals surface area contributed by atoms with Gasteiger partial charge in [0.15, 0.2) is 0 Å². The van der Waals surface area contributed by atoms with Gasteiger partial charge in [-0.15, -0.1) is 0 Å². The Bertz CT molecular complexity index is 332. The first-order chi connectivity index (χ1) is 7.90. The number of nitrogens with two attached hydrogens (primary N) is 1. The average Bonchev–Trinajstić information content (AvgIpc) is 2.78. The minimum atomic E-state index is 0.598. The molecule has 0 spiro atoms. The molecular weight excluding hydrogens is 196 g/mol. The minimum absolute atomic E-state index is 0.598. The van der Waals surface area contributed by atoms with Crippen molar-refractivity contribution < 1.29 is 0 Å². The Hall–Kier alpha value is -1.12. The Morgan fingerprint density at radius 1 is 1.31 bits per heavy atom. The molecule has 2 nitrogen and oxygen atoms in total. The second-order valence-corrected chi connectivity index (χ2v) is 4.34. The van der Waals surface area contributed by atoms with Gasteiger partial charge in [-0.2, -0.15) is 0 Å². The largest absolute Gasteiger partial charge is 0.329 e. The monoisotopic (exact) mass is 216 g/mol. The van der Waals surface area contributed by atoms with Crippen molar-refractivity contribution in [3.63, 3.8) is 0 Å². The second-order valence-electron chi connectivity index (χ2n) is 4.34. The van der Waals surface area contributed by atoms with Crippen LogP contribution in [0.25, 0.3) is 6.08 Å². The van der Waals surface area contributed by atoms with Crippen LogP contribution in [0.2, 0.25) is 0 Å². The van der Waals surface area contributed by atoms with Gasteiger partial charge >= 0.3 is 0 Å². The van der Waals surface area contributed by atoms with Crippen LogP contribution >= 0.6 is 0 Å². The number of hydrogen-bond donors (Lipinski definition) is 1. The second kappa shape index (κ2) is 5.83. The van der Waals surface area contributed by atoms with Gasteiger partial charge in [0.25, 0.3) is 0 Å². The summed E-state index contributed by atoms with van der Waals surface area (Å²) in [5.74, 6) is 0. The van der Waals surface area contributed by atoms with Gasteiger partial charge in [-0.05, 0) is 24.9 Å². The van der Waals surface area contributed by atoms with Gasteiger partial charge in [-0.25, -0.2) is 0 Å². The Morgan fingerprint density at radius 3 is 2.88 bits per heavy atom. The molecule has 0 bridgehead atoms. The lowest BCUT2D eigenvalue weighted by molar-refractivity contribution is 0.286. The Labute approximate surface area is 97.8 Å². The van der Waals surface area contributed by atoms with Crippen molar-refractivity contribution in [1.29, 1.82) is 0 Å². The Balaban J connectivity index is 1.85. The maximum absolute atomic E-state index is 5.74. The quantitative estimate of drug-likeness (QED) is 0.835. The van der Waals surface area contributed by atoms with E-state index in [1.807, 2.05) is 6.07 Å². The van der Waals surface area contributed by atoms with Crippen LogP contribution in [0.15, 0.2) is 36.4 Å². The van der Waals surface area contributed by atoms with Crippen molar-refractivity contribution in [3.8, 4) is 0 Å². The molecule has 1 aliphatic heterocycles. The van der Waals surface area contributed by atoms with Crippen molar-refractivity contribution in [2.75, 3.05) is 19.6 Å². The highest BCUT2D eigenvalue weighted by Gasteiger charge is 2.21. The van der Waals surface area contributed by atoms with Crippen LogP contribution in [0, 0.1) is 0 Å². The van der Waals surface area contributed by atoms with Crippen LogP contribution < -0.4 is 5.73 Å². The standard InChI is InChI=1S/C14H20N2/c15-12-14-9-5-11-16(14)10-4-8-13-6-2-1-3-7-13/h1-4,6-8,14H,5,9-12,15H2. The molecule has 0 radical (unpaired) electrons. The fourth-order valence-electron chi connectivity index (χ4n) is 2.29. The van der Waals surface area contributed by atoms with E-state index < -0.39 is 0 Å². The fraction of sp³-hybridized carbons (Fsp3) is 0.429. The maximum Gasteiger partial charge on any atom is 0.0222 e. The van der Waals surface area contributed by atoms with Gasteiger partial charge in [0.2, 0.25) is 0 Å². The van der Waals surface area contributed by atoms with E-state index in [0.717, 1.165) is 13.1 Å². The van der Waals surface area contributed by atoms with Crippen molar-refractivity contribution in [3.05, 3.63) is 42.0 Å².